The van der Waals surface area contributed by atoms with E-state index in [-0.39, 0.29) is 24.0 Å². The van der Waals surface area contributed by atoms with E-state index < -0.39 is 0 Å². The molecule has 0 aromatic heterocycles. The van der Waals surface area contributed by atoms with E-state index in [0.29, 0.717) is 13.2 Å². The molecule has 1 saturated heterocycles. The predicted molar refractivity (Wildman–Crippen MR) is 88.2 cm³/mol. The van der Waals surface area contributed by atoms with Crippen molar-refractivity contribution in [1.29, 1.82) is 0 Å². The second-order valence-corrected chi connectivity index (χ2v) is 6.70. The number of amides is 1. The number of nitrogens with two attached hydrogens (primary N) is 1. The molecule has 0 spiro atoms. The van der Waals surface area contributed by atoms with Gasteiger partial charge < -0.3 is 20.5 Å². The Hall–Kier alpha value is -1.59. The van der Waals surface area contributed by atoms with Crippen LogP contribution in [0.4, 0.5) is 0 Å². The summed E-state index contributed by atoms with van der Waals surface area (Å²) in [5, 5.41) is 3.04. The monoisotopic (exact) mass is 318 g/mol. The van der Waals surface area contributed by atoms with Gasteiger partial charge in [0, 0.05) is 30.5 Å². The second-order valence-electron chi connectivity index (χ2n) is 6.70. The first-order valence-corrected chi connectivity index (χ1v) is 8.49. The zero-order valence-corrected chi connectivity index (χ0v) is 13.7. The van der Waals surface area contributed by atoms with Gasteiger partial charge in [0.25, 0.3) is 0 Å². The molecule has 2 aliphatic rings. The molecule has 1 aromatic carbocycles. The van der Waals surface area contributed by atoms with Crippen molar-refractivity contribution >= 4 is 5.91 Å². The first-order valence-electron chi connectivity index (χ1n) is 8.49. The first kappa shape index (κ1) is 16.3. The molecule has 3 unspecified atom stereocenters. The van der Waals surface area contributed by atoms with Crippen LogP contribution in [0.5, 0.6) is 5.75 Å². The van der Waals surface area contributed by atoms with Crippen LogP contribution in [0.15, 0.2) is 18.2 Å². The Balaban J connectivity index is 1.61. The van der Waals surface area contributed by atoms with Crippen LogP contribution in [-0.4, -0.2) is 31.3 Å². The number of ether oxygens (including phenoxy) is 2. The summed E-state index contributed by atoms with van der Waals surface area (Å²) in [5.74, 6) is 1.01. The Kier molecular flexibility index (Phi) is 5.18. The number of aryl methyl sites for hydroxylation is 1. The summed E-state index contributed by atoms with van der Waals surface area (Å²) < 4.78 is 11.4. The highest BCUT2D eigenvalue weighted by Crippen LogP contribution is 2.26. The molecule has 1 heterocycles. The molecule has 126 valence electrons. The van der Waals surface area contributed by atoms with Crippen molar-refractivity contribution in [3.05, 3.63) is 29.3 Å². The van der Waals surface area contributed by atoms with E-state index in [2.05, 4.69) is 5.32 Å². The van der Waals surface area contributed by atoms with Crippen molar-refractivity contribution < 1.29 is 14.3 Å². The number of benzene rings is 1. The fourth-order valence-corrected chi connectivity index (χ4v) is 3.28. The van der Waals surface area contributed by atoms with Gasteiger partial charge in [-0.05, 0) is 37.8 Å². The molecule has 2 fully saturated rings. The molecule has 5 nitrogen and oxygen atoms in total. The molecular weight excluding hydrogens is 292 g/mol. The number of carbonyl (C=O) groups is 1. The molecule has 0 radical (unpaired) electrons. The average Bonchev–Trinajstić information content (AvgIpc) is 3.18. The third-order valence-electron chi connectivity index (χ3n) is 4.70. The SMILES string of the molecule is Cc1ccc(CNC(=O)C2CCC(N)C2)c(OC2CCOC2)c1. The molecule has 1 aliphatic carbocycles. The van der Waals surface area contributed by atoms with Gasteiger partial charge in [-0.25, -0.2) is 0 Å². The van der Waals surface area contributed by atoms with Gasteiger partial charge in [0.2, 0.25) is 5.91 Å². The molecule has 23 heavy (non-hydrogen) atoms. The number of hydrogen-bond acceptors (Lipinski definition) is 4. The molecule has 0 bridgehead atoms. The Labute approximate surface area is 137 Å². The third-order valence-corrected chi connectivity index (χ3v) is 4.70. The standard InChI is InChI=1S/C18H26N2O3/c1-12-2-3-14(17(8-12)23-16-6-7-22-11-16)10-20-18(21)13-4-5-15(19)9-13/h2-3,8,13,15-16H,4-7,9-11,19H2,1H3,(H,20,21). The normalized spacial score (nSPS) is 27.1. The third kappa shape index (κ3) is 4.24. The molecule has 3 atom stereocenters. The second kappa shape index (κ2) is 7.32. The lowest BCUT2D eigenvalue weighted by molar-refractivity contribution is -0.125. The summed E-state index contributed by atoms with van der Waals surface area (Å²) in [4.78, 5) is 12.3. The summed E-state index contributed by atoms with van der Waals surface area (Å²) in [6, 6.07) is 6.28. The number of rotatable bonds is 5. The summed E-state index contributed by atoms with van der Waals surface area (Å²) in [5.41, 5.74) is 8.05. The number of hydrogen-bond donors (Lipinski definition) is 2. The van der Waals surface area contributed by atoms with E-state index in [4.69, 9.17) is 15.2 Å². The van der Waals surface area contributed by atoms with E-state index in [9.17, 15) is 4.79 Å². The van der Waals surface area contributed by atoms with E-state index in [1.54, 1.807) is 0 Å². The largest absolute Gasteiger partial charge is 0.488 e. The Bertz CT molecular complexity index is 555. The topological polar surface area (TPSA) is 73.6 Å². The lowest BCUT2D eigenvalue weighted by Gasteiger charge is -2.17. The molecule has 3 rings (SSSR count). The maximum absolute atomic E-state index is 12.3. The maximum Gasteiger partial charge on any atom is 0.223 e. The fourth-order valence-electron chi connectivity index (χ4n) is 3.28. The van der Waals surface area contributed by atoms with Crippen molar-refractivity contribution in [3.8, 4) is 5.75 Å². The molecule has 1 aliphatic heterocycles. The summed E-state index contributed by atoms with van der Waals surface area (Å²) in [6.07, 6.45) is 3.66. The summed E-state index contributed by atoms with van der Waals surface area (Å²) >= 11 is 0. The van der Waals surface area contributed by atoms with Gasteiger partial charge in [-0.3, -0.25) is 4.79 Å². The van der Waals surface area contributed by atoms with Crippen LogP contribution in [0.1, 0.15) is 36.8 Å². The van der Waals surface area contributed by atoms with Gasteiger partial charge in [0.15, 0.2) is 0 Å². The van der Waals surface area contributed by atoms with Crippen LogP contribution in [0, 0.1) is 12.8 Å². The van der Waals surface area contributed by atoms with E-state index in [0.717, 1.165) is 49.2 Å². The van der Waals surface area contributed by atoms with Gasteiger partial charge in [0.05, 0.1) is 13.2 Å². The highest BCUT2D eigenvalue weighted by molar-refractivity contribution is 5.79. The minimum Gasteiger partial charge on any atom is -0.488 e. The lowest BCUT2D eigenvalue weighted by atomic mass is 10.1. The zero-order chi connectivity index (χ0) is 16.2. The van der Waals surface area contributed by atoms with E-state index >= 15 is 0 Å². The van der Waals surface area contributed by atoms with Gasteiger partial charge in [-0.2, -0.15) is 0 Å². The Morgan fingerprint density at radius 1 is 1.39 bits per heavy atom. The molecule has 5 heteroatoms. The zero-order valence-electron chi connectivity index (χ0n) is 13.7. The van der Waals surface area contributed by atoms with Gasteiger partial charge >= 0.3 is 0 Å². The van der Waals surface area contributed by atoms with Gasteiger partial charge in [-0.1, -0.05) is 12.1 Å². The van der Waals surface area contributed by atoms with Gasteiger partial charge in [0.1, 0.15) is 11.9 Å². The van der Waals surface area contributed by atoms with Gasteiger partial charge in [-0.15, -0.1) is 0 Å². The molecule has 1 saturated carbocycles. The Morgan fingerprint density at radius 2 is 2.26 bits per heavy atom. The van der Waals surface area contributed by atoms with Crippen LogP contribution in [0.25, 0.3) is 0 Å². The van der Waals surface area contributed by atoms with Crippen molar-refractivity contribution in [2.45, 2.75) is 51.3 Å². The highest BCUT2D eigenvalue weighted by atomic mass is 16.5. The van der Waals surface area contributed by atoms with Crippen molar-refractivity contribution in [3.63, 3.8) is 0 Å². The highest BCUT2D eigenvalue weighted by Gasteiger charge is 2.27. The molecular formula is C18H26N2O3. The summed E-state index contributed by atoms with van der Waals surface area (Å²) in [6.45, 7) is 3.93. The van der Waals surface area contributed by atoms with Crippen LogP contribution in [-0.2, 0) is 16.1 Å². The van der Waals surface area contributed by atoms with Crippen LogP contribution in [0.3, 0.4) is 0 Å². The predicted octanol–water partition coefficient (Wildman–Crippen LogP) is 1.91. The van der Waals surface area contributed by atoms with Crippen molar-refractivity contribution in [2.75, 3.05) is 13.2 Å². The fraction of sp³-hybridized carbons (Fsp3) is 0.611. The quantitative estimate of drug-likeness (QED) is 0.870. The minimum atomic E-state index is 0.0584. The minimum absolute atomic E-state index is 0.0584. The maximum atomic E-state index is 12.3. The molecule has 1 amide bonds. The number of carbonyl (C=O) groups excluding carboxylic acids is 1. The first-order chi connectivity index (χ1) is 11.1. The molecule has 3 N–H and O–H groups in total. The Morgan fingerprint density at radius 3 is 2.96 bits per heavy atom. The van der Waals surface area contributed by atoms with E-state index in [1.165, 1.54) is 0 Å². The lowest BCUT2D eigenvalue weighted by Crippen LogP contribution is -2.30. The average molecular weight is 318 g/mol. The van der Waals surface area contributed by atoms with Crippen molar-refractivity contribution in [1.82, 2.24) is 5.32 Å². The van der Waals surface area contributed by atoms with Crippen LogP contribution >= 0.6 is 0 Å². The van der Waals surface area contributed by atoms with Crippen LogP contribution in [0.2, 0.25) is 0 Å². The van der Waals surface area contributed by atoms with E-state index in [1.807, 2.05) is 25.1 Å². The smallest absolute Gasteiger partial charge is 0.223 e. The summed E-state index contributed by atoms with van der Waals surface area (Å²) in [7, 11) is 0. The molecule has 1 aromatic rings. The number of nitrogens with one attached hydrogen (secondary N) is 1. The van der Waals surface area contributed by atoms with Crippen molar-refractivity contribution in [2.24, 2.45) is 11.7 Å². The van der Waals surface area contributed by atoms with Crippen LogP contribution < -0.4 is 15.8 Å².